The Balaban J connectivity index is 0.0000168. The molecule has 0 saturated carbocycles. The van der Waals surface area contributed by atoms with Gasteiger partial charge in [-0.25, -0.2) is 8.42 Å². The molecule has 1 rings (SSSR count). The van der Waals surface area contributed by atoms with Crippen LogP contribution >= 0.6 is 0 Å². The standard InChI is InChI=1S/C34H55NO5S.H3N/c1-6-8-9-10-11-12-13-14-15-16-17-18-19-20-21-23-32(36)30-24-25-31(29(4)28(30)3)34(5,41(38,39)40)26-22-27-35-33(37)7-2;/h7,14-15,24-25H,2,6,8-13,16-23,26-27H2,1,3-5H3,(H,35,37)(H,38,39,40);1H3/b15-14-;. The number of hydrogen-bond donors (Lipinski definition) is 2. The van der Waals surface area contributed by atoms with Crippen LogP contribution in [0.15, 0.2) is 36.9 Å². The van der Waals surface area contributed by atoms with Crippen LogP contribution in [0.1, 0.15) is 144 Å². The summed E-state index contributed by atoms with van der Waals surface area (Å²) in [5.74, 6) is -0.300. The minimum absolute atomic E-state index is 0. The van der Waals surface area contributed by atoms with Crippen molar-refractivity contribution in [3.63, 3.8) is 0 Å². The average molecular weight is 607 g/mol. The number of Topliss-reactive ketones (excluding diaryl/α,β-unsaturated/α-hetero) is 1. The molecule has 8 heteroatoms. The Kier molecular flexibility index (Phi) is 20.2. The SMILES string of the molecule is C=CC(=O)NCCCC(C)(c1ccc(C(=O)CCCCCCC/C=C\CCCCCCCC)c(C)c1C)S(=O)(=O)[O-].[NH4+]. The van der Waals surface area contributed by atoms with E-state index in [9.17, 15) is 22.6 Å². The molecule has 0 aliphatic rings. The first kappa shape index (κ1) is 39.7. The number of hydrogen-bond acceptors (Lipinski definition) is 5. The number of quaternary nitrogens is 1. The molecule has 0 fully saturated rings. The van der Waals surface area contributed by atoms with Gasteiger partial charge in [0.2, 0.25) is 5.91 Å². The minimum atomic E-state index is -4.71. The first-order chi connectivity index (χ1) is 19.5. The van der Waals surface area contributed by atoms with Gasteiger partial charge in [-0.15, -0.1) is 0 Å². The number of benzene rings is 1. The van der Waals surface area contributed by atoms with Gasteiger partial charge in [0, 0.05) is 18.5 Å². The smallest absolute Gasteiger partial charge is 0.243 e. The summed E-state index contributed by atoms with van der Waals surface area (Å²) in [7, 11) is -4.71. The lowest BCUT2D eigenvalue weighted by Crippen LogP contribution is -2.35. The van der Waals surface area contributed by atoms with Gasteiger partial charge in [-0.1, -0.05) is 89.2 Å². The zero-order chi connectivity index (χ0) is 30.7. The van der Waals surface area contributed by atoms with Crippen LogP contribution in [0, 0.1) is 13.8 Å². The van der Waals surface area contributed by atoms with Gasteiger partial charge >= 0.3 is 0 Å². The molecule has 42 heavy (non-hydrogen) atoms. The largest absolute Gasteiger partial charge is 0.747 e. The van der Waals surface area contributed by atoms with Gasteiger partial charge in [0.15, 0.2) is 5.78 Å². The van der Waals surface area contributed by atoms with E-state index in [0.29, 0.717) is 29.5 Å². The second-order valence-corrected chi connectivity index (χ2v) is 13.3. The fourth-order valence-corrected chi connectivity index (χ4v) is 6.18. The van der Waals surface area contributed by atoms with Crippen LogP contribution in [-0.2, 0) is 19.7 Å². The molecule has 1 amide bonds. The van der Waals surface area contributed by atoms with Crippen molar-refractivity contribution in [3.05, 3.63) is 59.2 Å². The molecule has 1 unspecified atom stereocenters. The van der Waals surface area contributed by atoms with E-state index in [4.69, 9.17) is 0 Å². The van der Waals surface area contributed by atoms with E-state index in [0.717, 1.165) is 37.3 Å². The van der Waals surface area contributed by atoms with E-state index >= 15 is 0 Å². The molecule has 0 radical (unpaired) electrons. The summed E-state index contributed by atoms with van der Waals surface area (Å²) in [5.41, 5.74) is 2.37. The van der Waals surface area contributed by atoms with Crippen LogP contribution < -0.4 is 11.5 Å². The number of nitrogens with one attached hydrogen (secondary N) is 1. The highest BCUT2D eigenvalue weighted by Crippen LogP contribution is 2.38. The first-order valence-corrected chi connectivity index (χ1v) is 17.0. The van der Waals surface area contributed by atoms with Crippen LogP contribution in [-0.4, -0.2) is 31.2 Å². The van der Waals surface area contributed by atoms with Crippen molar-refractivity contribution < 1.29 is 22.6 Å². The number of ketones is 1. The van der Waals surface area contributed by atoms with E-state index in [1.807, 2.05) is 6.92 Å². The van der Waals surface area contributed by atoms with E-state index in [1.54, 1.807) is 19.1 Å². The third-order valence-electron chi connectivity index (χ3n) is 8.19. The summed E-state index contributed by atoms with van der Waals surface area (Å²) in [4.78, 5) is 24.4. The lowest BCUT2D eigenvalue weighted by Gasteiger charge is -2.35. The molecule has 0 aromatic heterocycles. The normalized spacial score (nSPS) is 13.0. The van der Waals surface area contributed by atoms with Gasteiger partial charge in [0.05, 0.1) is 4.75 Å². The van der Waals surface area contributed by atoms with Crippen molar-refractivity contribution >= 4 is 21.8 Å². The van der Waals surface area contributed by atoms with Crippen LogP contribution in [0.5, 0.6) is 0 Å². The van der Waals surface area contributed by atoms with Crippen molar-refractivity contribution in [1.82, 2.24) is 11.5 Å². The molecule has 1 aromatic carbocycles. The zero-order valence-corrected chi connectivity index (χ0v) is 27.9. The number of allylic oxidation sites excluding steroid dienone is 2. The second-order valence-electron chi connectivity index (χ2n) is 11.5. The fraction of sp³-hybridized carbons (Fsp3) is 0.647. The summed E-state index contributed by atoms with van der Waals surface area (Å²) < 4.78 is 35.4. The van der Waals surface area contributed by atoms with Gasteiger partial charge in [-0.3, -0.25) is 9.59 Å². The maximum atomic E-state index is 13.0. The van der Waals surface area contributed by atoms with Gasteiger partial charge in [0.1, 0.15) is 10.1 Å². The van der Waals surface area contributed by atoms with Crippen molar-refractivity contribution in [2.24, 2.45) is 0 Å². The van der Waals surface area contributed by atoms with E-state index < -0.39 is 14.9 Å². The maximum Gasteiger partial charge on any atom is 0.243 e. The molecule has 5 N–H and O–H groups in total. The molecule has 0 heterocycles. The molecule has 0 spiro atoms. The maximum absolute atomic E-state index is 13.0. The summed E-state index contributed by atoms with van der Waals surface area (Å²) in [6.07, 6.45) is 22.2. The van der Waals surface area contributed by atoms with Gasteiger partial charge in [-0.2, -0.15) is 0 Å². The lowest BCUT2D eigenvalue weighted by atomic mass is 9.86. The summed E-state index contributed by atoms with van der Waals surface area (Å²) in [6.45, 7) is 10.9. The highest BCUT2D eigenvalue weighted by molar-refractivity contribution is 7.86. The van der Waals surface area contributed by atoms with Gasteiger partial charge in [-0.05, 0) is 88.5 Å². The zero-order valence-electron chi connectivity index (χ0n) is 27.1. The molecule has 7 nitrogen and oxygen atoms in total. The highest BCUT2D eigenvalue weighted by atomic mass is 32.2. The Labute approximate surface area is 256 Å². The van der Waals surface area contributed by atoms with Gasteiger partial charge in [0.25, 0.3) is 0 Å². The van der Waals surface area contributed by atoms with Crippen LogP contribution in [0.2, 0.25) is 0 Å². The molecular formula is C34H58N2O5S. The van der Waals surface area contributed by atoms with Crippen LogP contribution in [0.3, 0.4) is 0 Å². The molecule has 0 bridgehead atoms. The molecule has 0 aliphatic carbocycles. The van der Waals surface area contributed by atoms with Crippen LogP contribution in [0.4, 0.5) is 0 Å². The molecule has 1 aromatic rings. The fourth-order valence-electron chi connectivity index (χ4n) is 5.29. The molecule has 1 atom stereocenters. The van der Waals surface area contributed by atoms with E-state index in [1.165, 1.54) is 64.7 Å². The summed E-state index contributed by atoms with van der Waals surface area (Å²) >= 11 is 0. The van der Waals surface area contributed by atoms with Crippen molar-refractivity contribution in [2.75, 3.05) is 6.54 Å². The first-order valence-electron chi connectivity index (χ1n) is 15.6. The number of unbranched alkanes of at least 4 members (excludes halogenated alkanes) is 11. The van der Waals surface area contributed by atoms with Crippen molar-refractivity contribution in [1.29, 1.82) is 0 Å². The Morgan fingerprint density at radius 3 is 1.98 bits per heavy atom. The Morgan fingerprint density at radius 2 is 1.43 bits per heavy atom. The predicted octanol–water partition coefficient (Wildman–Crippen LogP) is 8.74. The molecule has 0 aliphatic heterocycles. The topological polar surface area (TPSA) is 140 Å². The Morgan fingerprint density at radius 1 is 0.881 bits per heavy atom. The summed E-state index contributed by atoms with van der Waals surface area (Å²) in [6, 6.07) is 3.29. The summed E-state index contributed by atoms with van der Waals surface area (Å²) in [5, 5.41) is 2.61. The van der Waals surface area contributed by atoms with Crippen molar-refractivity contribution in [2.45, 2.75) is 135 Å². The van der Waals surface area contributed by atoms with E-state index in [-0.39, 0.29) is 30.8 Å². The predicted molar refractivity (Wildman–Crippen MR) is 175 cm³/mol. The third-order valence-corrected chi connectivity index (χ3v) is 9.72. The number of amides is 1. The number of carbonyl (C=O) groups excluding carboxylic acids is 2. The van der Waals surface area contributed by atoms with Gasteiger partial charge < -0.3 is 16.0 Å². The Bertz CT molecular complexity index is 1100. The quantitative estimate of drug-likeness (QED) is 0.0421. The monoisotopic (exact) mass is 606 g/mol. The van der Waals surface area contributed by atoms with Crippen molar-refractivity contribution in [3.8, 4) is 0 Å². The number of rotatable bonds is 23. The Hall–Kier alpha value is -2.29. The molecular weight excluding hydrogens is 548 g/mol. The molecule has 0 saturated heterocycles. The third kappa shape index (κ3) is 13.8. The van der Waals surface area contributed by atoms with E-state index in [2.05, 4.69) is 31.0 Å². The molecule has 240 valence electrons. The average Bonchev–Trinajstić information content (AvgIpc) is 2.93. The minimum Gasteiger partial charge on any atom is -0.747 e. The number of carbonyl (C=O) groups is 2. The highest BCUT2D eigenvalue weighted by Gasteiger charge is 2.35. The lowest BCUT2D eigenvalue weighted by molar-refractivity contribution is -0.116. The second kappa shape index (κ2) is 21.4. The van der Waals surface area contributed by atoms with Crippen LogP contribution in [0.25, 0.3) is 0 Å².